The van der Waals surface area contributed by atoms with E-state index in [0.29, 0.717) is 18.7 Å². The number of ether oxygens (including phenoxy) is 1. The molecule has 27 heavy (non-hydrogen) atoms. The van der Waals surface area contributed by atoms with Crippen LogP contribution in [0, 0.1) is 16.0 Å². The highest BCUT2D eigenvalue weighted by Gasteiger charge is 2.32. The number of carbonyl (C=O) groups excluding carboxylic acids is 1. The van der Waals surface area contributed by atoms with Gasteiger partial charge in [0.2, 0.25) is 0 Å². The molecule has 2 aliphatic heterocycles. The molecule has 2 fully saturated rings. The quantitative estimate of drug-likeness (QED) is 0.572. The Bertz CT molecular complexity index is 726. The zero-order valence-corrected chi connectivity index (χ0v) is 14.9. The number of carboxylic acids is 1. The molecule has 3 rings (SSSR count). The number of nitro groups is 1. The lowest BCUT2D eigenvalue weighted by molar-refractivity contribution is -0.384. The predicted octanol–water partition coefficient (Wildman–Crippen LogP) is 1.80. The molecule has 2 saturated heterocycles. The molecule has 0 radical (unpaired) electrons. The van der Waals surface area contributed by atoms with Gasteiger partial charge in [-0.25, -0.2) is 4.79 Å². The Morgan fingerprint density at radius 3 is 2.63 bits per heavy atom. The van der Waals surface area contributed by atoms with Crippen molar-refractivity contribution in [1.29, 1.82) is 0 Å². The molecule has 9 heteroatoms. The second-order valence-corrected chi connectivity index (χ2v) is 6.92. The lowest BCUT2D eigenvalue weighted by Gasteiger charge is -2.28. The molecule has 0 saturated carbocycles. The summed E-state index contributed by atoms with van der Waals surface area (Å²) in [6, 6.07) is 3.21. The van der Waals surface area contributed by atoms with E-state index in [0.717, 1.165) is 32.4 Å². The van der Waals surface area contributed by atoms with Crippen molar-refractivity contribution >= 4 is 23.3 Å². The molecule has 2 heterocycles. The van der Waals surface area contributed by atoms with Crippen molar-refractivity contribution in [3.63, 3.8) is 0 Å². The van der Waals surface area contributed by atoms with Crippen LogP contribution in [0.4, 0.5) is 11.4 Å². The number of nitro benzene ring substituents is 1. The van der Waals surface area contributed by atoms with E-state index in [4.69, 9.17) is 4.74 Å². The van der Waals surface area contributed by atoms with E-state index in [1.807, 2.05) is 4.90 Å². The number of amides is 1. The third-order valence-corrected chi connectivity index (χ3v) is 5.10. The van der Waals surface area contributed by atoms with Crippen LogP contribution in [0.3, 0.4) is 0 Å². The number of benzene rings is 1. The van der Waals surface area contributed by atoms with Crippen LogP contribution in [-0.4, -0.2) is 54.3 Å². The fourth-order valence-electron chi connectivity index (χ4n) is 3.67. The van der Waals surface area contributed by atoms with Gasteiger partial charge in [-0.05, 0) is 37.8 Å². The van der Waals surface area contributed by atoms with E-state index >= 15 is 0 Å². The maximum Gasteiger partial charge on any atom is 0.326 e. The normalized spacial score (nSPS) is 20.9. The number of aliphatic carboxylic acids is 1. The number of carbonyl (C=O) groups is 2. The Hall–Kier alpha value is -2.68. The molecule has 0 aromatic heterocycles. The number of rotatable bonds is 6. The molecule has 9 nitrogen and oxygen atoms in total. The lowest BCUT2D eigenvalue weighted by Crippen LogP contribution is -2.48. The van der Waals surface area contributed by atoms with E-state index < -0.39 is 22.8 Å². The number of hydrogen-bond donors (Lipinski definition) is 2. The van der Waals surface area contributed by atoms with Crippen molar-refractivity contribution in [3.8, 4) is 0 Å². The van der Waals surface area contributed by atoms with Gasteiger partial charge in [0.25, 0.3) is 11.6 Å². The smallest absolute Gasteiger partial charge is 0.326 e. The van der Waals surface area contributed by atoms with Crippen LogP contribution in [-0.2, 0) is 9.53 Å². The minimum Gasteiger partial charge on any atom is -0.480 e. The molecular weight excluding hydrogens is 354 g/mol. The number of carboxylic acid groups (broad SMARTS) is 1. The van der Waals surface area contributed by atoms with Crippen molar-refractivity contribution in [1.82, 2.24) is 5.32 Å². The van der Waals surface area contributed by atoms with E-state index in [1.54, 1.807) is 6.07 Å². The molecule has 2 aliphatic rings. The van der Waals surface area contributed by atoms with Gasteiger partial charge in [-0.1, -0.05) is 0 Å². The van der Waals surface area contributed by atoms with Crippen LogP contribution in [0.25, 0.3) is 0 Å². The first-order valence-corrected chi connectivity index (χ1v) is 9.12. The van der Waals surface area contributed by atoms with Crippen molar-refractivity contribution in [2.24, 2.45) is 5.92 Å². The van der Waals surface area contributed by atoms with Gasteiger partial charge < -0.3 is 20.1 Å². The zero-order valence-electron chi connectivity index (χ0n) is 14.9. The highest BCUT2D eigenvalue weighted by molar-refractivity contribution is 5.98. The maximum atomic E-state index is 12.6. The van der Waals surface area contributed by atoms with Crippen LogP contribution in [0.1, 0.15) is 36.0 Å². The van der Waals surface area contributed by atoms with E-state index in [9.17, 15) is 24.8 Å². The Balaban J connectivity index is 1.79. The third-order valence-electron chi connectivity index (χ3n) is 5.10. The summed E-state index contributed by atoms with van der Waals surface area (Å²) in [7, 11) is 0. The van der Waals surface area contributed by atoms with Gasteiger partial charge in [-0.3, -0.25) is 14.9 Å². The van der Waals surface area contributed by atoms with E-state index in [1.165, 1.54) is 12.1 Å². The molecule has 2 unspecified atom stereocenters. The van der Waals surface area contributed by atoms with E-state index in [2.05, 4.69) is 5.32 Å². The summed E-state index contributed by atoms with van der Waals surface area (Å²) >= 11 is 0. The Kier molecular flexibility index (Phi) is 5.90. The van der Waals surface area contributed by atoms with Crippen LogP contribution in [0.5, 0.6) is 0 Å². The Morgan fingerprint density at radius 2 is 2.04 bits per heavy atom. The van der Waals surface area contributed by atoms with Crippen LogP contribution < -0.4 is 10.2 Å². The Labute approximate surface area is 156 Å². The third kappa shape index (κ3) is 4.36. The summed E-state index contributed by atoms with van der Waals surface area (Å²) in [6.07, 6.45) is 3.33. The van der Waals surface area contributed by atoms with Crippen LogP contribution in [0.2, 0.25) is 0 Å². The van der Waals surface area contributed by atoms with Gasteiger partial charge >= 0.3 is 5.97 Å². The highest BCUT2D eigenvalue weighted by atomic mass is 16.6. The number of nitrogens with zero attached hydrogens (tertiary/aromatic N) is 2. The van der Waals surface area contributed by atoms with Gasteiger partial charge in [0, 0.05) is 37.2 Å². The monoisotopic (exact) mass is 377 g/mol. The average Bonchev–Trinajstić information content (AvgIpc) is 3.20. The first-order valence-electron chi connectivity index (χ1n) is 9.12. The van der Waals surface area contributed by atoms with Crippen LogP contribution in [0.15, 0.2) is 18.2 Å². The molecule has 0 spiro atoms. The first kappa shape index (κ1) is 19.1. The summed E-state index contributed by atoms with van der Waals surface area (Å²) in [4.78, 5) is 37.0. The molecular formula is C18H23N3O6. The number of anilines is 1. The van der Waals surface area contributed by atoms with Gasteiger partial charge in [0.05, 0.1) is 11.5 Å². The summed E-state index contributed by atoms with van der Waals surface area (Å²) in [6.45, 7) is 2.34. The second-order valence-electron chi connectivity index (χ2n) is 6.92. The predicted molar refractivity (Wildman–Crippen MR) is 97.0 cm³/mol. The molecule has 2 N–H and O–H groups in total. The topological polar surface area (TPSA) is 122 Å². The van der Waals surface area contributed by atoms with Crippen molar-refractivity contribution in [2.75, 3.05) is 31.2 Å². The van der Waals surface area contributed by atoms with Gasteiger partial charge in [0.1, 0.15) is 11.7 Å². The fraction of sp³-hybridized carbons (Fsp3) is 0.556. The van der Waals surface area contributed by atoms with Gasteiger partial charge in [0.15, 0.2) is 0 Å². The molecule has 1 amide bonds. The number of hydrogen-bond acceptors (Lipinski definition) is 6. The molecule has 146 valence electrons. The average molecular weight is 377 g/mol. The molecule has 0 bridgehead atoms. The van der Waals surface area contributed by atoms with E-state index in [-0.39, 0.29) is 23.8 Å². The molecule has 2 atom stereocenters. The fourth-order valence-corrected chi connectivity index (χ4v) is 3.67. The maximum absolute atomic E-state index is 12.6. The minimum absolute atomic E-state index is 0.0765. The highest BCUT2D eigenvalue weighted by Crippen LogP contribution is 2.31. The lowest BCUT2D eigenvalue weighted by atomic mass is 9.93. The van der Waals surface area contributed by atoms with Gasteiger partial charge in [-0.2, -0.15) is 0 Å². The summed E-state index contributed by atoms with van der Waals surface area (Å²) in [5.74, 6) is -2.09. The number of nitrogens with one attached hydrogen (secondary N) is 1. The Morgan fingerprint density at radius 1 is 1.30 bits per heavy atom. The SMILES string of the molecule is O=C(NC(C(=O)O)C1CCCOC1)c1ccc(N2CCCC2)c([N+](=O)[O-])c1. The van der Waals surface area contributed by atoms with Crippen molar-refractivity contribution in [2.45, 2.75) is 31.7 Å². The summed E-state index contributed by atoms with van der Waals surface area (Å²) in [5.41, 5.74) is 0.426. The standard InChI is InChI=1S/C18H23N3O6/c22-17(19-16(18(23)24)13-4-3-9-27-11-13)12-5-6-14(15(10-12)21(25)26)20-7-1-2-8-20/h5-6,10,13,16H,1-4,7-9,11H2,(H,19,22)(H,23,24). The molecule has 1 aromatic rings. The largest absolute Gasteiger partial charge is 0.480 e. The summed E-state index contributed by atoms with van der Waals surface area (Å²) < 4.78 is 5.31. The zero-order chi connectivity index (χ0) is 19.4. The molecule has 1 aromatic carbocycles. The first-order chi connectivity index (χ1) is 13.0. The van der Waals surface area contributed by atoms with Crippen molar-refractivity contribution < 1.29 is 24.4 Å². The molecule has 0 aliphatic carbocycles. The minimum atomic E-state index is -1.14. The van der Waals surface area contributed by atoms with Gasteiger partial charge in [-0.15, -0.1) is 0 Å². The van der Waals surface area contributed by atoms with Crippen LogP contribution >= 0.6 is 0 Å². The van der Waals surface area contributed by atoms with Crippen molar-refractivity contribution in [3.05, 3.63) is 33.9 Å². The second kappa shape index (κ2) is 8.34. The summed E-state index contributed by atoms with van der Waals surface area (Å²) in [5, 5.41) is 23.4.